The summed E-state index contributed by atoms with van der Waals surface area (Å²) in [6, 6.07) is 13.9. The Hall–Kier alpha value is -2.67. The van der Waals surface area contributed by atoms with Crippen LogP contribution in [0.25, 0.3) is 0 Å². The molecule has 0 saturated carbocycles. The first-order valence-corrected chi connectivity index (χ1v) is 6.13. The van der Waals surface area contributed by atoms with Crippen molar-refractivity contribution in [3.63, 3.8) is 0 Å². The Balaban J connectivity index is 2.19. The minimum atomic E-state index is -0.728. The highest BCUT2D eigenvalue weighted by atomic mass is 19.1. The van der Waals surface area contributed by atoms with Crippen LogP contribution < -0.4 is 5.32 Å². The highest BCUT2D eigenvalue weighted by Crippen LogP contribution is 2.17. The van der Waals surface area contributed by atoms with Crippen LogP contribution in [-0.2, 0) is 0 Å². The maximum Gasteiger partial charge on any atom is 0.252 e. The lowest BCUT2D eigenvalue weighted by atomic mass is 10.0. The number of benzene rings is 2. The Labute approximate surface area is 116 Å². The first-order chi connectivity index (χ1) is 9.61. The third kappa shape index (κ3) is 3.01. The fourth-order valence-electron chi connectivity index (χ4n) is 1.91. The van der Waals surface area contributed by atoms with E-state index >= 15 is 0 Å². The number of hydrogen-bond acceptors (Lipinski definition) is 2. The highest BCUT2D eigenvalue weighted by Gasteiger charge is 2.16. The zero-order chi connectivity index (χ0) is 14.5. The maximum absolute atomic E-state index is 12.8. The van der Waals surface area contributed by atoms with Crippen molar-refractivity contribution in [3.05, 3.63) is 71.0 Å². The van der Waals surface area contributed by atoms with Crippen molar-refractivity contribution >= 4 is 5.91 Å². The second-order valence-electron chi connectivity index (χ2n) is 4.40. The van der Waals surface area contributed by atoms with E-state index in [4.69, 9.17) is 0 Å². The summed E-state index contributed by atoms with van der Waals surface area (Å²) < 4.78 is 12.8. The van der Waals surface area contributed by atoms with Crippen molar-refractivity contribution in [2.45, 2.75) is 13.0 Å². The molecule has 2 rings (SSSR count). The van der Waals surface area contributed by atoms with Crippen LogP contribution in [-0.4, -0.2) is 5.91 Å². The predicted molar refractivity (Wildman–Crippen MR) is 73.4 cm³/mol. The summed E-state index contributed by atoms with van der Waals surface area (Å²) in [7, 11) is 0. The summed E-state index contributed by atoms with van der Waals surface area (Å²) in [5, 5.41) is 11.9. The van der Waals surface area contributed by atoms with Crippen LogP contribution in [0.2, 0.25) is 0 Å². The second kappa shape index (κ2) is 5.98. The summed E-state index contributed by atoms with van der Waals surface area (Å²) in [6.45, 7) is 1.88. The number of amides is 1. The lowest BCUT2D eigenvalue weighted by Crippen LogP contribution is -2.28. The average molecular weight is 268 g/mol. The van der Waals surface area contributed by atoms with Gasteiger partial charge in [0.15, 0.2) is 0 Å². The number of nitrogens with one attached hydrogen (secondary N) is 1. The van der Waals surface area contributed by atoms with E-state index in [9.17, 15) is 14.4 Å². The molecule has 2 aromatic carbocycles. The first-order valence-electron chi connectivity index (χ1n) is 6.13. The lowest BCUT2D eigenvalue weighted by Gasteiger charge is -2.14. The molecule has 1 atom stereocenters. The van der Waals surface area contributed by atoms with E-state index in [1.54, 1.807) is 6.07 Å². The normalized spacial score (nSPS) is 11.4. The van der Waals surface area contributed by atoms with E-state index in [0.29, 0.717) is 5.56 Å². The van der Waals surface area contributed by atoms with Crippen molar-refractivity contribution in [2.24, 2.45) is 0 Å². The monoisotopic (exact) mass is 268 g/mol. The van der Waals surface area contributed by atoms with E-state index in [2.05, 4.69) is 11.4 Å². The summed E-state index contributed by atoms with van der Waals surface area (Å²) in [6.07, 6.45) is 0. The Morgan fingerprint density at radius 3 is 2.45 bits per heavy atom. The van der Waals surface area contributed by atoms with Gasteiger partial charge in [-0.15, -0.1) is 0 Å². The molecule has 0 bridgehead atoms. The Bertz CT molecular complexity index is 659. The molecule has 100 valence electrons. The largest absolute Gasteiger partial charge is 0.332 e. The number of carbonyl (C=O) groups excluding carboxylic acids is 1. The number of nitriles is 1. The molecule has 20 heavy (non-hydrogen) atoms. The van der Waals surface area contributed by atoms with Crippen LogP contribution in [0.4, 0.5) is 4.39 Å². The van der Waals surface area contributed by atoms with Crippen LogP contribution >= 0.6 is 0 Å². The third-order valence-electron chi connectivity index (χ3n) is 3.01. The van der Waals surface area contributed by atoms with Gasteiger partial charge in [-0.25, -0.2) is 4.39 Å². The van der Waals surface area contributed by atoms with Crippen molar-refractivity contribution in [1.82, 2.24) is 5.32 Å². The van der Waals surface area contributed by atoms with Gasteiger partial charge in [-0.05, 0) is 42.3 Å². The molecule has 2 aromatic rings. The molecule has 1 amide bonds. The number of carbonyl (C=O) groups is 1. The molecular formula is C16H13FN2O. The molecule has 0 saturated heterocycles. The zero-order valence-electron chi connectivity index (χ0n) is 10.9. The van der Waals surface area contributed by atoms with Crippen molar-refractivity contribution in [1.29, 1.82) is 5.26 Å². The van der Waals surface area contributed by atoms with Gasteiger partial charge >= 0.3 is 0 Å². The number of hydrogen-bond donors (Lipinski definition) is 1. The molecule has 3 nitrogen and oxygen atoms in total. The molecule has 0 spiro atoms. The Morgan fingerprint density at radius 1 is 1.20 bits per heavy atom. The topological polar surface area (TPSA) is 52.9 Å². The molecular weight excluding hydrogens is 255 g/mol. The molecule has 1 unspecified atom stereocenters. The molecule has 0 aliphatic heterocycles. The van der Waals surface area contributed by atoms with Gasteiger partial charge in [-0.1, -0.05) is 24.3 Å². The number of rotatable bonds is 3. The molecule has 0 radical (unpaired) electrons. The van der Waals surface area contributed by atoms with Gasteiger partial charge in [-0.2, -0.15) is 5.26 Å². The first kappa shape index (κ1) is 13.8. The minimum Gasteiger partial charge on any atom is -0.332 e. The lowest BCUT2D eigenvalue weighted by molar-refractivity contribution is 0.0945. The van der Waals surface area contributed by atoms with Gasteiger partial charge in [0.25, 0.3) is 5.91 Å². The molecule has 0 aromatic heterocycles. The average Bonchev–Trinajstić information content (AvgIpc) is 2.46. The molecule has 0 aliphatic carbocycles. The van der Waals surface area contributed by atoms with Gasteiger partial charge < -0.3 is 5.32 Å². The van der Waals surface area contributed by atoms with Crippen molar-refractivity contribution in [2.75, 3.05) is 0 Å². The van der Waals surface area contributed by atoms with Crippen molar-refractivity contribution in [3.8, 4) is 6.07 Å². The van der Waals surface area contributed by atoms with Gasteiger partial charge in [0.05, 0.1) is 6.07 Å². The van der Waals surface area contributed by atoms with Gasteiger partial charge in [0.1, 0.15) is 11.9 Å². The number of nitrogens with zero attached hydrogens (tertiary/aromatic N) is 1. The van der Waals surface area contributed by atoms with E-state index in [1.807, 2.05) is 25.1 Å². The number of aryl methyl sites for hydroxylation is 1. The van der Waals surface area contributed by atoms with Crippen LogP contribution in [0.15, 0.2) is 48.5 Å². The predicted octanol–water partition coefficient (Wildman–Crippen LogP) is 3.13. The van der Waals surface area contributed by atoms with Crippen LogP contribution in [0, 0.1) is 24.1 Å². The fraction of sp³-hybridized carbons (Fsp3) is 0.125. The molecule has 1 N–H and O–H groups in total. The van der Waals surface area contributed by atoms with Crippen LogP contribution in [0.3, 0.4) is 0 Å². The molecule has 0 aliphatic rings. The minimum absolute atomic E-state index is 0.320. The highest BCUT2D eigenvalue weighted by molar-refractivity contribution is 5.94. The SMILES string of the molecule is Cc1ccccc1C(C#N)NC(=O)c1ccc(F)cc1. The molecule has 0 heterocycles. The smallest absolute Gasteiger partial charge is 0.252 e. The summed E-state index contributed by atoms with van der Waals surface area (Å²) in [5.41, 5.74) is 2.00. The Morgan fingerprint density at radius 2 is 1.85 bits per heavy atom. The molecule has 0 fully saturated rings. The third-order valence-corrected chi connectivity index (χ3v) is 3.01. The standard InChI is InChI=1S/C16H13FN2O/c1-11-4-2-3-5-14(11)15(10-18)19-16(20)12-6-8-13(17)9-7-12/h2-9,15H,1H3,(H,19,20). The zero-order valence-corrected chi connectivity index (χ0v) is 10.9. The van der Waals surface area contributed by atoms with E-state index in [1.165, 1.54) is 24.3 Å². The van der Waals surface area contributed by atoms with E-state index in [-0.39, 0.29) is 0 Å². The number of halogens is 1. The molecule has 4 heteroatoms. The van der Waals surface area contributed by atoms with Crippen LogP contribution in [0.5, 0.6) is 0 Å². The second-order valence-corrected chi connectivity index (χ2v) is 4.40. The van der Waals surface area contributed by atoms with Gasteiger partial charge in [0, 0.05) is 5.56 Å². The van der Waals surface area contributed by atoms with Crippen LogP contribution in [0.1, 0.15) is 27.5 Å². The van der Waals surface area contributed by atoms with E-state index < -0.39 is 17.8 Å². The van der Waals surface area contributed by atoms with Crippen molar-refractivity contribution < 1.29 is 9.18 Å². The van der Waals surface area contributed by atoms with Gasteiger partial charge in [-0.3, -0.25) is 4.79 Å². The summed E-state index contributed by atoms with van der Waals surface area (Å²) in [5.74, 6) is -0.808. The summed E-state index contributed by atoms with van der Waals surface area (Å²) >= 11 is 0. The summed E-state index contributed by atoms with van der Waals surface area (Å²) in [4.78, 5) is 12.0. The van der Waals surface area contributed by atoms with Gasteiger partial charge in [0.2, 0.25) is 0 Å². The Kier molecular flexibility index (Phi) is 4.11. The quantitative estimate of drug-likeness (QED) is 0.929. The maximum atomic E-state index is 12.8. The fourth-order valence-corrected chi connectivity index (χ4v) is 1.91. The van der Waals surface area contributed by atoms with E-state index in [0.717, 1.165) is 11.1 Å².